The zero-order valence-corrected chi connectivity index (χ0v) is 7.07. The van der Waals surface area contributed by atoms with E-state index < -0.39 is 10.0 Å². The number of nitrogens with zero attached hydrogens (tertiary/aromatic N) is 1. The number of hydrogen-bond donors (Lipinski definition) is 2. The van der Waals surface area contributed by atoms with E-state index in [2.05, 4.69) is 14.9 Å². The van der Waals surface area contributed by atoms with E-state index in [1.807, 2.05) is 0 Å². The van der Waals surface area contributed by atoms with Crippen molar-refractivity contribution in [3.63, 3.8) is 0 Å². The van der Waals surface area contributed by atoms with Crippen molar-refractivity contribution in [1.29, 1.82) is 0 Å². The molecular weight excluding hydrogens is 166 g/mol. The van der Waals surface area contributed by atoms with E-state index >= 15 is 0 Å². The fraction of sp³-hybridized carbons (Fsp3) is 0.400. The van der Waals surface area contributed by atoms with E-state index in [4.69, 9.17) is 0 Å². The molecule has 0 amide bonds. The average Bonchev–Trinajstić information content (AvgIpc) is 2.36. The normalized spacial score (nSPS) is 11.8. The Bertz CT molecular complexity index is 340. The van der Waals surface area contributed by atoms with Gasteiger partial charge >= 0.3 is 0 Å². The number of H-pyrrole nitrogens is 1. The van der Waals surface area contributed by atoms with Crippen molar-refractivity contribution in [2.24, 2.45) is 0 Å². The van der Waals surface area contributed by atoms with Crippen molar-refractivity contribution in [1.82, 2.24) is 14.9 Å². The fourth-order valence-electron chi connectivity index (χ4n) is 0.721. The third-order valence-corrected chi connectivity index (χ3v) is 2.87. The highest BCUT2D eigenvalue weighted by atomic mass is 32.2. The van der Waals surface area contributed by atoms with Gasteiger partial charge in [0.05, 0.1) is 11.9 Å². The molecule has 0 saturated heterocycles. The first-order chi connectivity index (χ1) is 5.08. The van der Waals surface area contributed by atoms with Crippen molar-refractivity contribution in [3.8, 4) is 0 Å². The molecule has 0 fully saturated rings. The van der Waals surface area contributed by atoms with Crippen LogP contribution in [0.5, 0.6) is 0 Å². The van der Waals surface area contributed by atoms with Gasteiger partial charge < -0.3 is 0 Å². The Hall–Kier alpha value is -0.880. The largest absolute Gasteiger partial charge is 0.281 e. The van der Waals surface area contributed by atoms with Crippen LogP contribution >= 0.6 is 0 Å². The van der Waals surface area contributed by atoms with Gasteiger partial charge in [-0.1, -0.05) is 0 Å². The Labute approximate surface area is 64.9 Å². The van der Waals surface area contributed by atoms with Crippen molar-refractivity contribution in [3.05, 3.63) is 11.9 Å². The van der Waals surface area contributed by atoms with E-state index in [0.717, 1.165) is 0 Å². The highest BCUT2D eigenvalue weighted by molar-refractivity contribution is 7.89. The Kier molecular flexibility index (Phi) is 1.97. The molecular formula is C5H9N3O2S. The van der Waals surface area contributed by atoms with Gasteiger partial charge in [0.2, 0.25) is 10.0 Å². The molecule has 0 spiro atoms. The zero-order valence-electron chi connectivity index (χ0n) is 6.25. The van der Waals surface area contributed by atoms with Crippen LogP contribution in [0.4, 0.5) is 0 Å². The zero-order chi connectivity index (χ0) is 8.48. The minimum atomic E-state index is -3.33. The fourth-order valence-corrected chi connectivity index (χ4v) is 1.58. The highest BCUT2D eigenvalue weighted by Gasteiger charge is 2.15. The monoisotopic (exact) mass is 175 g/mol. The minimum Gasteiger partial charge on any atom is -0.281 e. The maximum Gasteiger partial charge on any atom is 0.243 e. The molecule has 1 rings (SSSR count). The minimum absolute atomic E-state index is 0.194. The lowest BCUT2D eigenvalue weighted by Crippen LogP contribution is -2.18. The molecule has 11 heavy (non-hydrogen) atoms. The SMILES string of the molecule is CNS(=O)(=O)c1cn[nH]c1C. The summed E-state index contributed by atoms with van der Waals surface area (Å²) in [7, 11) is -1.97. The topological polar surface area (TPSA) is 74.8 Å². The van der Waals surface area contributed by atoms with Crippen LogP contribution in [0.15, 0.2) is 11.1 Å². The van der Waals surface area contributed by atoms with Crippen molar-refractivity contribution < 1.29 is 8.42 Å². The van der Waals surface area contributed by atoms with E-state index in [-0.39, 0.29) is 4.90 Å². The van der Waals surface area contributed by atoms with Gasteiger partial charge in [-0.05, 0) is 14.0 Å². The summed E-state index contributed by atoms with van der Waals surface area (Å²) in [6.07, 6.45) is 1.28. The summed E-state index contributed by atoms with van der Waals surface area (Å²) in [5.41, 5.74) is 0.541. The van der Waals surface area contributed by atoms with Crippen LogP contribution in [0.2, 0.25) is 0 Å². The van der Waals surface area contributed by atoms with Gasteiger partial charge in [-0.2, -0.15) is 5.10 Å². The van der Waals surface area contributed by atoms with Crippen LogP contribution in [0, 0.1) is 6.92 Å². The molecule has 0 bridgehead atoms. The lowest BCUT2D eigenvalue weighted by molar-refractivity contribution is 0.587. The molecule has 0 aliphatic carbocycles. The quantitative estimate of drug-likeness (QED) is 0.643. The highest BCUT2D eigenvalue weighted by Crippen LogP contribution is 2.09. The third kappa shape index (κ3) is 1.41. The summed E-state index contributed by atoms with van der Waals surface area (Å²) in [5.74, 6) is 0. The average molecular weight is 175 g/mol. The molecule has 1 aromatic heterocycles. The van der Waals surface area contributed by atoms with Crippen molar-refractivity contribution in [2.45, 2.75) is 11.8 Å². The van der Waals surface area contributed by atoms with Gasteiger partial charge in [-0.15, -0.1) is 0 Å². The summed E-state index contributed by atoms with van der Waals surface area (Å²) in [6.45, 7) is 1.65. The molecule has 0 aromatic carbocycles. The van der Waals surface area contributed by atoms with Crippen LogP contribution in [0.1, 0.15) is 5.69 Å². The first-order valence-electron chi connectivity index (χ1n) is 3.01. The Balaban J connectivity index is 3.22. The lowest BCUT2D eigenvalue weighted by atomic mass is 10.5. The Morgan fingerprint density at radius 2 is 2.27 bits per heavy atom. The standard InChI is InChI=1S/C5H9N3O2S/c1-4-5(3-7-8-4)11(9,10)6-2/h3,6H,1-2H3,(H,7,8). The first-order valence-corrected chi connectivity index (χ1v) is 4.50. The van der Waals surface area contributed by atoms with Crippen molar-refractivity contribution >= 4 is 10.0 Å². The Morgan fingerprint density at radius 1 is 1.64 bits per heavy atom. The van der Waals surface area contributed by atoms with Gasteiger partial charge in [0.25, 0.3) is 0 Å². The van der Waals surface area contributed by atoms with Gasteiger partial charge in [0, 0.05) is 0 Å². The van der Waals surface area contributed by atoms with E-state index in [1.165, 1.54) is 13.2 Å². The Morgan fingerprint density at radius 3 is 2.64 bits per heavy atom. The van der Waals surface area contributed by atoms with Crippen LogP contribution in [0.3, 0.4) is 0 Å². The summed E-state index contributed by atoms with van der Waals surface area (Å²) in [5, 5.41) is 6.13. The molecule has 0 saturated carbocycles. The summed E-state index contributed by atoms with van der Waals surface area (Å²) < 4.78 is 24.4. The molecule has 1 heterocycles. The smallest absolute Gasteiger partial charge is 0.243 e. The molecule has 0 atom stereocenters. The molecule has 0 aliphatic heterocycles. The summed E-state index contributed by atoms with van der Waals surface area (Å²) in [4.78, 5) is 0.194. The number of aromatic amines is 1. The van der Waals surface area contributed by atoms with Gasteiger partial charge in [0.15, 0.2) is 0 Å². The summed E-state index contributed by atoms with van der Waals surface area (Å²) >= 11 is 0. The molecule has 2 N–H and O–H groups in total. The maximum absolute atomic E-state index is 11.1. The van der Waals surface area contributed by atoms with E-state index in [9.17, 15) is 8.42 Å². The molecule has 0 radical (unpaired) electrons. The van der Waals surface area contributed by atoms with Gasteiger partial charge in [-0.25, -0.2) is 13.1 Å². The van der Waals surface area contributed by atoms with Crippen molar-refractivity contribution in [2.75, 3.05) is 7.05 Å². The third-order valence-electron chi connectivity index (χ3n) is 1.34. The van der Waals surface area contributed by atoms with Crippen LogP contribution in [0.25, 0.3) is 0 Å². The molecule has 0 unspecified atom stereocenters. The second-order valence-corrected chi connectivity index (χ2v) is 3.92. The van der Waals surface area contributed by atoms with Crippen LogP contribution < -0.4 is 4.72 Å². The number of nitrogens with one attached hydrogen (secondary N) is 2. The summed E-state index contributed by atoms with van der Waals surface area (Å²) in [6, 6.07) is 0. The van der Waals surface area contributed by atoms with Gasteiger partial charge in [-0.3, -0.25) is 5.10 Å². The molecule has 6 heteroatoms. The number of aryl methyl sites for hydroxylation is 1. The maximum atomic E-state index is 11.1. The number of aromatic nitrogens is 2. The second-order valence-electron chi connectivity index (χ2n) is 2.07. The number of sulfonamides is 1. The lowest BCUT2D eigenvalue weighted by Gasteiger charge is -1.97. The van der Waals surface area contributed by atoms with Gasteiger partial charge in [0.1, 0.15) is 4.90 Å². The molecule has 5 nitrogen and oxygen atoms in total. The molecule has 62 valence electrons. The number of hydrogen-bond acceptors (Lipinski definition) is 3. The predicted molar refractivity (Wildman–Crippen MR) is 39.6 cm³/mol. The first kappa shape index (κ1) is 8.22. The predicted octanol–water partition coefficient (Wildman–Crippen LogP) is -0.374. The van der Waals surface area contributed by atoms with E-state index in [1.54, 1.807) is 6.92 Å². The van der Waals surface area contributed by atoms with Crippen LogP contribution in [-0.2, 0) is 10.0 Å². The molecule has 1 aromatic rings. The second kappa shape index (κ2) is 2.63. The molecule has 0 aliphatic rings. The van der Waals surface area contributed by atoms with Crippen LogP contribution in [-0.4, -0.2) is 25.7 Å². The van der Waals surface area contributed by atoms with E-state index in [0.29, 0.717) is 5.69 Å². The number of rotatable bonds is 2.